The Hall–Kier alpha value is -2.85. The number of pyridine rings is 1. The molecule has 3 aromatic rings. The summed E-state index contributed by atoms with van der Waals surface area (Å²) in [6, 6.07) is 14.5. The molecule has 1 heterocycles. The highest BCUT2D eigenvalue weighted by Crippen LogP contribution is 2.33. The highest BCUT2D eigenvalue weighted by Gasteiger charge is 2.30. The Morgan fingerprint density at radius 1 is 1.14 bits per heavy atom. The quantitative estimate of drug-likeness (QED) is 0.446. The smallest absolute Gasteiger partial charge is 0.416 e. The molecule has 1 radical (unpaired) electrons. The van der Waals surface area contributed by atoms with Crippen molar-refractivity contribution in [1.82, 2.24) is 4.98 Å². The lowest BCUT2D eigenvalue weighted by atomic mass is 10.0. The predicted molar refractivity (Wildman–Crippen MR) is 106 cm³/mol. The van der Waals surface area contributed by atoms with Gasteiger partial charge in [-0.1, -0.05) is 34.1 Å². The lowest BCUT2D eigenvalue weighted by Crippen LogP contribution is -2.05. The first kappa shape index (κ1) is 20.9. The minimum Gasteiger partial charge on any atom is -0.487 e. The van der Waals surface area contributed by atoms with Crippen LogP contribution in [0.1, 0.15) is 27.8 Å². The van der Waals surface area contributed by atoms with E-state index in [0.717, 1.165) is 28.8 Å². The number of alkyl halides is 3. The van der Waals surface area contributed by atoms with Gasteiger partial charge >= 0.3 is 6.18 Å². The second-order valence-corrected chi connectivity index (χ2v) is 7.08. The van der Waals surface area contributed by atoms with Crippen molar-refractivity contribution in [1.29, 1.82) is 5.26 Å². The molecule has 3 rings (SSSR count). The van der Waals surface area contributed by atoms with Gasteiger partial charge in [0.2, 0.25) is 0 Å². The maximum atomic E-state index is 12.8. The van der Waals surface area contributed by atoms with Gasteiger partial charge in [-0.15, -0.1) is 0 Å². The van der Waals surface area contributed by atoms with E-state index in [-0.39, 0.29) is 6.61 Å². The molecule has 0 bridgehead atoms. The van der Waals surface area contributed by atoms with Gasteiger partial charge in [-0.3, -0.25) is 4.98 Å². The Kier molecular flexibility index (Phi) is 6.55. The molecule has 0 saturated carbocycles. The van der Waals surface area contributed by atoms with E-state index in [4.69, 9.17) is 4.74 Å². The summed E-state index contributed by atoms with van der Waals surface area (Å²) < 4.78 is 44.5. The summed E-state index contributed by atoms with van der Waals surface area (Å²) in [6.07, 6.45) is 1.26. The number of rotatable bonds is 6. The van der Waals surface area contributed by atoms with E-state index in [1.165, 1.54) is 6.07 Å². The first-order valence-electron chi connectivity index (χ1n) is 8.61. The average molecular weight is 460 g/mol. The fourth-order valence-electron chi connectivity index (χ4n) is 2.64. The first-order chi connectivity index (χ1) is 13.9. The van der Waals surface area contributed by atoms with Crippen LogP contribution in [0.15, 0.2) is 65.4 Å². The van der Waals surface area contributed by atoms with Crippen molar-refractivity contribution >= 4 is 15.9 Å². The Morgan fingerprint density at radius 3 is 2.62 bits per heavy atom. The molecule has 0 aliphatic heterocycles. The number of hydrogen-bond donors (Lipinski definition) is 0. The number of aromatic nitrogens is 1. The standard InChI is InChI=1S/C22H15BrF3N2O/c23-20-11-19(22(24,25)26)8-7-17(20)5-3-15-4-6-18(12-27)21(10-15)29-14-16-2-1-9-28-13-16/h1-4,6-11,13H,5,14H2. The molecular formula is C22H15BrF3N2O. The average Bonchev–Trinajstić information content (AvgIpc) is 2.71. The Bertz CT molecular complexity index is 1030. The van der Waals surface area contributed by atoms with E-state index >= 15 is 0 Å². The summed E-state index contributed by atoms with van der Waals surface area (Å²) in [5, 5.41) is 9.29. The lowest BCUT2D eigenvalue weighted by Gasteiger charge is -2.12. The summed E-state index contributed by atoms with van der Waals surface area (Å²) in [5.41, 5.74) is 2.11. The van der Waals surface area contributed by atoms with Crippen LogP contribution in [0.5, 0.6) is 5.75 Å². The molecule has 0 aliphatic carbocycles. The van der Waals surface area contributed by atoms with E-state index in [1.807, 2.05) is 12.5 Å². The zero-order valence-electron chi connectivity index (χ0n) is 15.1. The van der Waals surface area contributed by atoms with Crippen LogP contribution in [0.25, 0.3) is 0 Å². The van der Waals surface area contributed by atoms with Crippen molar-refractivity contribution < 1.29 is 17.9 Å². The highest BCUT2D eigenvalue weighted by molar-refractivity contribution is 9.10. The second kappa shape index (κ2) is 9.10. The van der Waals surface area contributed by atoms with Gasteiger partial charge in [0.1, 0.15) is 18.4 Å². The molecule has 0 N–H and O–H groups in total. The van der Waals surface area contributed by atoms with E-state index in [9.17, 15) is 18.4 Å². The molecule has 0 aliphatic rings. The molecule has 0 unspecified atom stereocenters. The minimum atomic E-state index is -4.38. The zero-order chi connectivity index (χ0) is 20.9. The summed E-state index contributed by atoms with van der Waals surface area (Å²) >= 11 is 3.21. The van der Waals surface area contributed by atoms with Crippen LogP contribution >= 0.6 is 15.9 Å². The molecule has 0 fully saturated rings. The van der Waals surface area contributed by atoms with Gasteiger partial charge in [-0.05, 0) is 54.3 Å². The number of ether oxygens (including phenoxy) is 1. The van der Waals surface area contributed by atoms with Crippen LogP contribution < -0.4 is 4.74 Å². The normalized spacial score (nSPS) is 11.1. The molecule has 7 heteroatoms. The summed E-state index contributed by atoms with van der Waals surface area (Å²) in [4.78, 5) is 4.02. The van der Waals surface area contributed by atoms with E-state index in [2.05, 4.69) is 27.0 Å². The van der Waals surface area contributed by atoms with E-state index in [1.54, 1.807) is 36.7 Å². The zero-order valence-corrected chi connectivity index (χ0v) is 16.7. The molecule has 29 heavy (non-hydrogen) atoms. The third-order valence-electron chi connectivity index (χ3n) is 4.18. The van der Waals surface area contributed by atoms with Gasteiger partial charge in [0.25, 0.3) is 0 Å². The summed E-state index contributed by atoms with van der Waals surface area (Å²) in [5.74, 6) is 0.441. The van der Waals surface area contributed by atoms with Crippen LogP contribution in [0, 0.1) is 17.8 Å². The van der Waals surface area contributed by atoms with Crippen molar-refractivity contribution in [3.8, 4) is 11.8 Å². The summed E-state index contributed by atoms with van der Waals surface area (Å²) in [7, 11) is 0. The fraction of sp³-hybridized carbons (Fsp3) is 0.136. The van der Waals surface area contributed by atoms with Crippen LogP contribution in [-0.4, -0.2) is 4.98 Å². The Morgan fingerprint density at radius 2 is 1.97 bits per heavy atom. The molecule has 0 saturated heterocycles. The monoisotopic (exact) mass is 459 g/mol. The second-order valence-electron chi connectivity index (χ2n) is 6.23. The molecule has 1 aromatic heterocycles. The van der Waals surface area contributed by atoms with Crippen LogP contribution in [0.3, 0.4) is 0 Å². The van der Waals surface area contributed by atoms with Crippen molar-refractivity contribution in [3.05, 3.63) is 99.6 Å². The predicted octanol–water partition coefficient (Wildman–Crippen LogP) is 6.11. The van der Waals surface area contributed by atoms with Crippen LogP contribution in [0.2, 0.25) is 0 Å². The third kappa shape index (κ3) is 5.58. The maximum Gasteiger partial charge on any atom is 0.416 e. The fourth-order valence-corrected chi connectivity index (χ4v) is 3.18. The van der Waals surface area contributed by atoms with Crippen molar-refractivity contribution in [2.24, 2.45) is 0 Å². The summed E-state index contributed by atoms with van der Waals surface area (Å²) in [6.45, 7) is 0.274. The highest BCUT2D eigenvalue weighted by atomic mass is 79.9. The first-order valence-corrected chi connectivity index (χ1v) is 9.41. The van der Waals surface area contributed by atoms with Crippen LogP contribution in [-0.2, 0) is 19.2 Å². The van der Waals surface area contributed by atoms with E-state index in [0.29, 0.717) is 22.2 Å². The Labute approximate surface area is 174 Å². The third-order valence-corrected chi connectivity index (χ3v) is 4.92. The minimum absolute atomic E-state index is 0.274. The molecule has 0 spiro atoms. The molecular weight excluding hydrogens is 445 g/mol. The van der Waals surface area contributed by atoms with Crippen LogP contribution in [0.4, 0.5) is 13.2 Å². The van der Waals surface area contributed by atoms with Crippen molar-refractivity contribution in [3.63, 3.8) is 0 Å². The largest absolute Gasteiger partial charge is 0.487 e. The van der Waals surface area contributed by atoms with Gasteiger partial charge in [0.05, 0.1) is 11.1 Å². The van der Waals surface area contributed by atoms with E-state index < -0.39 is 11.7 Å². The van der Waals surface area contributed by atoms with Crippen molar-refractivity contribution in [2.75, 3.05) is 0 Å². The number of halogens is 4. The van der Waals surface area contributed by atoms with Gasteiger partial charge in [-0.25, -0.2) is 0 Å². The number of nitriles is 1. The lowest BCUT2D eigenvalue weighted by molar-refractivity contribution is -0.137. The number of nitrogens with zero attached hydrogens (tertiary/aromatic N) is 2. The molecule has 147 valence electrons. The number of benzene rings is 2. The SMILES string of the molecule is N#Cc1ccc([CH]Cc2ccc(C(F)(F)F)cc2Br)cc1OCc1cccnc1. The Balaban J connectivity index is 1.71. The van der Waals surface area contributed by atoms with Gasteiger partial charge in [0.15, 0.2) is 0 Å². The topological polar surface area (TPSA) is 45.9 Å². The van der Waals surface area contributed by atoms with Gasteiger partial charge in [0, 0.05) is 22.4 Å². The number of hydrogen-bond acceptors (Lipinski definition) is 3. The van der Waals surface area contributed by atoms with Gasteiger partial charge in [-0.2, -0.15) is 18.4 Å². The molecule has 3 nitrogen and oxygen atoms in total. The van der Waals surface area contributed by atoms with Gasteiger partial charge < -0.3 is 4.74 Å². The molecule has 0 atom stereocenters. The van der Waals surface area contributed by atoms with Crippen molar-refractivity contribution in [2.45, 2.75) is 19.2 Å². The molecule has 2 aromatic carbocycles. The molecule has 0 amide bonds. The maximum absolute atomic E-state index is 12.8.